The van der Waals surface area contributed by atoms with Gasteiger partial charge < -0.3 is 15.6 Å². The number of benzene rings is 1. The summed E-state index contributed by atoms with van der Waals surface area (Å²) in [6, 6.07) is 5.39. The maximum atomic E-state index is 9.36. The molecule has 0 radical (unpaired) electrons. The van der Waals surface area contributed by atoms with E-state index >= 15 is 0 Å². The first kappa shape index (κ1) is 10.3. The lowest BCUT2D eigenvalue weighted by Gasteiger charge is -2.09. The number of aromatic hydroxyl groups is 1. The zero-order valence-corrected chi connectivity index (χ0v) is 9.32. The molecule has 1 saturated carbocycles. The Morgan fingerprint density at radius 1 is 1.40 bits per heavy atom. The minimum absolute atomic E-state index is 0.129. The van der Waals surface area contributed by atoms with Gasteiger partial charge in [-0.1, -0.05) is 19.9 Å². The number of hydrogen-bond acceptors (Lipinski definition) is 3. The number of hydrogen-bond donors (Lipinski definition) is 2. The number of nitrogens with two attached hydrogens (primary N) is 1. The SMILES string of the molecule is COc1cc(O)ccc1C1C(N)C1(C)C. The van der Waals surface area contributed by atoms with Gasteiger partial charge in [-0.05, 0) is 17.0 Å². The average Bonchev–Trinajstić information content (AvgIpc) is 2.67. The summed E-state index contributed by atoms with van der Waals surface area (Å²) in [6.45, 7) is 4.29. The van der Waals surface area contributed by atoms with Gasteiger partial charge in [0, 0.05) is 18.0 Å². The van der Waals surface area contributed by atoms with Crippen molar-refractivity contribution in [2.75, 3.05) is 7.11 Å². The van der Waals surface area contributed by atoms with Crippen molar-refractivity contribution in [1.29, 1.82) is 0 Å². The van der Waals surface area contributed by atoms with Crippen LogP contribution in [0.25, 0.3) is 0 Å². The molecule has 15 heavy (non-hydrogen) atoms. The Balaban J connectivity index is 2.38. The van der Waals surface area contributed by atoms with E-state index in [1.165, 1.54) is 0 Å². The second kappa shape index (κ2) is 3.14. The van der Waals surface area contributed by atoms with Crippen LogP contribution in [0.2, 0.25) is 0 Å². The summed E-state index contributed by atoms with van der Waals surface area (Å²) in [5.74, 6) is 1.27. The molecule has 0 amide bonds. The maximum Gasteiger partial charge on any atom is 0.126 e. The van der Waals surface area contributed by atoms with Gasteiger partial charge in [0.15, 0.2) is 0 Å². The fourth-order valence-corrected chi connectivity index (χ4v) is 2.23. The maximum absolute atomic E-state index is 9.36. The fourth-order valence-electron chi connectivity index (χ4n) is 2.23. The molecular weight excluding hydrogens is 190 g/mol. The Kier molecular flexibility index (Phi) is 2.15. The van der Waals surface area contributed by atoms with Crippen molar-refractivity contribution >= 4 is 0 Å². The van der Waals surface area contributed by atoms with Crippen LogP contribution in [-0.4, -0.2) is 18.3 Å². The van der Waals surface area contributed by atoms with Gasteiger partial charge in [-0.3, -0.25) is 0 Å². The molecule has 3 heteroatoms. The van der Waals surface area contributed by atoms with E-state index in [9.17, 15) is 5.11 Å². The predicted molar refractivity (Wildman–Crippen MR) is 59.2 cm³/mol. The van der Waals surface area contributed by atoms with E-state index in [1.807, 2.05) is 6.07 Å². The topological polar surface area (TPSA) is 55.5 Å². The van der Waals surface area contributed by atoms with E-state index in [2.05, 4.69) is 13.8 Å². The van der Waals surface area contributed by atoms with Gasteiger partial charge in [0.25, 0.3) is 0 Å². The summed E-state index contributed by atoms with van der Waals surface area (Å²) in [5.41, 5.74) is 7.24. The molecule has 1 aromatic rings. The van der Waals surface area contributed by atoms with Gasteiger partial charge in [-0.2, -0.15) is 0 Å². The number of methoxy groups -OCH3 is 1. The van der Waals surface area contributed by atoms with Crippen LogP contribution in [-0.2, 0) is 0 Å². The van der Waals surface area contributed by atoms with E-state index in [0.29, 0.717) is 5.92 Å². The molecule has 0 saturated heterocycles. The van der Waals surface area contributed by atoms with Crippen LogP contribution < -0.4 is 10.5 Å². The highest BCUT2D eigenvalue weighted by atomic mass is 16.5. The minimum Gasteiger partial charge on any atom is -0.508 e. The highest BCUT2D eigenvalue weighted by molar-refractivity contribution is 5.47. The molecule has 2 unspecified atom stereocenters. The van der Waals surface area contributed by atoms with Gasteiger partial charge in [0.1, 0.15) is 11.5 Å². The van der Waals surface area contributed by atoms with Crippen molar-refractivity contribution in [2.24, 2.45) is 11.1 Å². The number of ether oxygens (including phenoxy) is 1. The summed E-state index contributed by atoms with van der Waals surface area (Å²) < 4.78 is 5.25. The lowest BCUT2D eigenvalue weighted by Crippen LogP contribution is -2.06. The molecule has 1 aromatic carbocycles. The zero-order chi connectivity index (χ0) is 11.2. The van der Waals surface area contributed by atoms with Crippen molar-refractivity contribution in [3.63, 3.8) is 0 Å². The van der Waals surface area contributed by atoms with E-state index < -0.39 is 0 Å². The first-order valence-electron chi connectivity index (χ1n) is 5.11. The van der Waals surface area contributed by atoms with Crippen LogP contribution in [0.3, 0.4) is 0 Å². The summed E-state index contributed by atoms with van der Waals surface area (Å²) in [4.78, 5) is 0. The standard InChI is InChI=1S/C12H17NO2/c1-12(2)10(11(12)13)8-5-4-7(14)6-9(8)15-3/h4-6,10-11,14H,13H2,1-3H3. The monoisotopic (exact) mass is 207 g/mol. The second-order valence-corrected chi connectivity index (χ2v) is 4.75. The smallest absolute Gasteiger partial charge is 0.126 e. The zero-order valence-electron chi connectivity index (χ0n) is 9.32. The molecule has 3 N–H and O–H groups in total. The van der Waals surface area contributed by atoms with Crippen molar-refractivity contribution in [1.82, 2.24) is 0 Å². The first-order valence-corrected chi connectivity index (χ1v) is 5.11. The largest absolute Gasteiger partial charge is 0.508 e. The van der Waals surface area contributed by atoms with Crippen LogP contribution in [0, 0.1) is 5.41 Å². The van der Waals surface area contributed by atoms with E-state index in [0.717, 1.165) is 11.3 Å². The molecule has 0 bridgehead atoms. The van der Waals surface area contributed by atoms with Crippen molar-refractivity contribution in [3.05, 3.63) is 23.8 Å². The van der Waals surface area contributed by atoms with Gasteiger partial charge in [0.2, 0.25) is 0 Å². The Hall–Kier alpha value is -1.22. The van der Waals surface area contributed by atoms with Gasteiger partial charge in [-0.25, -0.2) is 0 Å². The normalized spacial score (nSPS) is 27.5. The Labute approximate surface area is 89.9 Å². The molecule has 2 rings (SSSR count). The number of rotatable bonds is 2. The third kappa shape index (κ3) is 1.47. The molecule has 82 valence electrons. The van der Waals surface area contributed by atoms with Crippen molar-refractivity contribution in [2.45, 2.75) is 25.8 Å². The summed E-state index contributed by atoms with van der Waals surface area (Å²) in [7, 11) is 1.61. The summed E-state index contributed by atoms with van der Waals surface area (Å²) in [6.07, 6.45) is 0. The second-order valence-electron chi connectivity index (χ2n) is 4.75. The van der Waals surface area contributed by atoms with E-state index in [4.69, 9.17) is 10.5 Å². The molecule has 1 aliphatic rings. The van der Waals surface area contributed by atoms with Crippen LogP contribution in [0.1, 0.15) is 25.3 Å². The average molecular weight is 207 g/mol. The predicted octanol–water partition coefficient (Wildman–Crippen LogP) is 1.85. The van der Waals surface area contributed by atoms with Gasteiger partial charge in [0.05, 0.1) is 7.11 Å². The summed E-state index contributed by atoms with van der Waals surface area (Å²) in [5, 5.41) is 9.36. The highest BCUT2D eigenvalue weighted by Gasteiger charge is 2.57. The highest BCUT2D eigenvalue weighted by Crippen LogP contribution is 2.59. The minimum atomic E-state index is 0.129. The Morgan fingerprint density at radius 3 is 2.47 bits per heavy atom. The third-order valence-electron chi connectivity index (χ3n) is 3.46. The van der Waals surface area contributed by atoms with Gasteiger partial charge >= 0.3 is 0 Å². The Morgan fingerprint density at radius 2 is 2.00 bits per heavy atom. The van der Waals surface area contributed by atoms with E-state index in [-0.39, 0.29) is 17.2 Å². The Bertz CT molecular complexity index is 387. The third-order valence-corrected chi connectivity index (χ3v) is 3.46. The van der Waals surface area contributed by atoms with Crippen LogP contribution in [0.4, 0.5) is 0 Å². The van der Waals surface area contributed by atoms with Crippen molar-refractivity contribution in [3.8, 4) is 11.5 Å². The molecular formula is C12H17NO2. The summed E-state index contributed by atoms with van der Waals surface area (Å²) >= 11 is 0. The molecule has 0 spiro atoms. The molecule has 0 heterocycles. The van der Waals surface area contributed by atoms with E-state index in [1.54, 1.807) is 19.2 Å². The molecule has 0 aliphatic heterocycles. The quantitative estimate of drug-likeness (QED) is 0.778. The first-order chi connectivity index (χ1) is 6.98. The lowest BCUT2D eigenvalue weighted by atomic mass is 10.0. The van der Waals surface area contributed by atoms with Crippen molar-refractivity contribution < 1.29 is 9.84 Å². The molecule has 1 fully saturated rings. The number of phenols is 1. The van der Waals surface area contributed by atoms with Crippen LogP contribution in [0.15, 0.2) is 18.2 Å². The number of phenolic OH excluding ortho intramolecular Hbond substituents is 1. The molecule has 1 aliphatic carbocycles. The molecule has 3 nitrogen and oxygen atoms in total. The molecule has 0 aromatic heterocycles. The molecule has 2 atom stereocenters. The lowest BCUT2D eigenvalue weighted by molar-refractivity contribution is 0.401. The van der Waals surface area contributed by atoms with Gasteiger partial charge in [-0.15, -0.1) is 0 Å². The van der Waals surface area contributed by atoms with Crippen LogP contribution in [0.5, 0.6) is 11.5 Å². The fraction of sp³-hybridized carbons (Fsp3) is 0.500. The van der Waals surface area contributed by atoms with Crippen LogP contribution >= 0.6 is 0 Å².